The second kappa shape index (κ2) is 5.00. The largest absolute Gasteiger partial charge is 0.494 e. The van der Waals surface area contributed by atoms with Gasteiger partial charge in [-0.2, -0.15) is 5.10 Å². The van der Waals surface area contributed by atoms with E-state index < -0.39 is 5.82 Å². The number of hydrogen-bond donors (Lipinski definition) is 1. The molecule has 2 heterocycles. The number of aromatic nitrogens is 4. The predicted octanol–water partition coefficient (Wildman–Crippen LogP) is 2.94. The Morgan fingerprint density at radius 1 is 1.43 bits per heavy atom. The SMILES string of the molecule is COc1cc2c(cc1F)[nH]c(=S)n2Cc1cnn(C)c1C. The van der Waals surface area contributed by atoms with Gasteiger partial charge in [0.25, 0.3) is 0 Å². The monoisotopic (exact) mass is 306 g/mol. The number of halogens is 1. The van der Waals surface area contributed by atoms with Crippen LogP contribution in [0.1, 0.15) is 11.3 Å². The number of nitrogens with one attached hydrogen (secondary N) is 1. The molecular formula is C14H15FN4OS. The lowest BCUT2D eigenvalue weighted by molar-refractivity contribution is 0.387. The van der Waals surface area contributed by atoms with Gasteiger partial charge in [0.2, 0.25) is 0 Å². The van der Waals surface area contributed by atoms with Gasteiger partial charge in [0, 0.05) is 30.4 Å². The number of methoxy groups -OCH3 is 1. The number of benzene rings is 1. The molecule has 7 heteroatoms. The van der Waals surface area contributed by atoms with Crippen LogP contribution in [0.15, 0.2) is 18.3 Å². The lowest BCUT2D eigenvalue weighted by atomic mass is 10.2. The third-order valence-electron chi connectivity index (χ3n) is 3.71. The van der Waals surface area contributed by atoms with Crippen LogP contribution in [-0.4, -0.2) is 26.4 Å². The molecule has 0 aliphatic heterocycles. The molecule has 3 rings (SSSR count). The number of fused-ring (bicyclic) bond motifs is 1. The van der Waals surface area contributed by atoms with Gasteiger partial charge < -0.3 is 14.3 Å². The summed E-state index contributed by atoms with van der Waals surface area (Å²) >= 11 is 5.34. The molecule has 0 amide bonds. The van der Waals surface area contributed by atoms with E-state index in [1.54, 1.807) is 6.07 Å². The number of ether oxygens (including phenoxy) is 1. The van der Waals surface area contributed by atoms with Crippen LogP contribution in [0, 0.1) is 17.5 Å². The molecule has 0 saturated heterocycles. The minimum Gasteiger partial charge on any atom is -0.494 e. The highest BCUT2D eigenvalue weighted by Crippen LogP contribution is 2.25. The number of nitrogens with zero attached hydrogens (tertiary/aromatic N) is 3. The first-order chi connectivity index (χ1) is 10.0. The molecule has 0 unspecified atom stereocenters. The molecule has 0 aliphatic carbocycles. The van der Waals surface area contributed by atoms with Crippen LogP contribution >= 0.6 is 12.2 Å². The van der Waals surface area contributed by atoms with E-state index in [-0.39, 0.29) is 5.75 Å². The predicted molar refractivity (Wildman–Crippen MR) is 80.7 cm³/mol. The molecule has 110 valence electrons. The van der Waals surface area contributed by atoms with E-state index in [1.165, 1.54) is 13.2 Å². The maximum atomic E-state index is 13.8. The van der Waals surface area contributed by atoms with Gasteiger partial charge >= 0.3 is 0 Å². The Morgan fingerprint density at radius 3 is 2.81 bits per heavy atom. The Bertz CT molecular complexity index is 877. The van der Waals surface area contributed by atoms with Crippen molar-refractivity contribution in [1.29, 1.82) is 0 Å². The van der Waals surface area contributed by atoms with Crippen molar-refractivity contribution in [2.45, 2.75) is 13.5 Å². The second-order valence-corrected chi connectivity index (χ2v) is 5.29. The second-order valence-electron chi connectivity index (χ2n) is 4.90. The minimum absolute atomic E-state index is 0.202. The molecule has 3 aromatic rings. The third kappa shape index (κ3) is 2.23. The summed E-state index contributed by atoms with van der Waals surface area (Å²) in [5, 5.41) is 4.23. The lowest BCUT2D eigenvalue weighted by Gasteiger charge is -2.06. The molecule has 2 aromatic heterocycles. The summed E-state index contributed by atoms with van der Waals surface area (Å²) < 4.78 is 23.1. The topological polar surface area (TPSA) is 47.8 Å². The lowest BCUT2D eigenvalue weighted by Crippen LogP contribution is -2.02. The quantitative estimate of drug-likeness (QED) is 0.757. The van der Waals surface area contributed by atoms with Crippen LogP contribution in [0.3, 0.4) is 0 Å². The number of imidazole rings is 1. The van der Waals surface area contributed by atoms with Gasteiger partial charge in [-0.25, -0.2) is 4.39 Å². The fourth-order valence-corrected chi connectivity index (χ4v) is 2.61. The summed E-state index contributed by atoms with van der Waals surface area (Å²) in [6.07, 6.45) is 1.82. The first-order valence-corrected chi connectivity index (χ1v) is 6.85. The van der Waals surface area contributed by atoms with Crippen LogP contribution in [0.5, 0.6) is 5.75 Å². The Morgan fingerprint density at radius 2 is 2.19 bits per heavy atom. The van der Waals surface area contributed by atoms with E-state index in [0.717, 1.165) is 16.8 Å². The van der Waals surface area contributed by atoms with Gasteiger partial charge in [0.05, 0.1) is 30.9 Å². The average Bonchev–Trinajstić information content (AvgIpc) is 2.92. The van der Waals surface area contributed by atoms with E-state index in [1.807, 2.05) is 29.4 Å². The normalized spacial score (nSPS) is 11.2. The summed E-state index contributed by atoms with van der Waals surface area (Å²) in [4.78, 5) is 3.02. The molecule has 0 aliphatic rings. The van der Waals surface area contributed by atoms with Crippen molar-refractivity contribution in [3.8, 4) is 5.75 Å². The summed E-state index contributed by atoms with van der Waals surface area (Å²) in [5.74, 6) is -0.209. The van der Waals surface area contributed by atoms with Crippen molar-refractivity contribution in [2.24, 2.45) is 7.05 Å². The average molecular weight is 306 g/mol. The van der Waals surface area contributed by atoms with Crippen molar-refractivity contribution in [2.75, 3.05) is 7.11 Å². The van der Waals surface area contributed by atoms with Crippen LogP contribution in [0.4, 0.5) is 4.39 Å². The summed E-state index contributed by atoms with van der Waals surface area (Å²) in [5.41, 5.74) is 3.60. The number of aryl methyl sites for hydroxylation is 1. The van der Waals surface area contributed by atoms with E-state index in [4.69, 9.17) is 17.0 Å². The van der Waals surface area contributed by atoms with Crippen LogP contribution in [0.2, 0.25) is 0 Å². The fraction of sp³-hybridized carbons (Fsp3) is 0.286. The Labute approximate surface area is 126 Å². The zero-order chi connectivity index (χ0) is 15.1. The van der Waals surface area contributed by atoms with Crippen molar-refractivity contribution in [3.05, 3.63) is 40.2 Å². The summed E-state index contributed by atoms with van der Waals surface area (Å²) in [6, 6.07) is 3.05. The maximum Gasteiger partial charge on any atom is 0.178 e. The van der Waals surface area contributed by atoms with Crippen molar-refractivity contribution in [3.63, 3.8) is 0 Å². The smallest absolute Gasteiger partial charge is 0.178 e. The molecule has 1 aromatic carbocycles. The van der Waals surface area contributed by atoms with E-state index in [2.05, 4.69) is 10.1 Å². The number of hydrogen-bond acceptors (Lipinski definition) is 3. The maximum absolute atomic E-state index is 13.8. The van der Waals surface area contributed by atoms with Gasteiger partial charge in [0.1, 0.15) is 0 Å². The molecule has 0 atom stereocenters. The van der Waals surface area contributed by atoms with Gasteiger partial charge in [-0.15, -0.1) is 0 Å². The molecule has 1 N–H and O–H groups in total. The molecule has 0 bridgehead atoms. The van der Waals surface area contributed by atoms with Gasteiger partial charge in [-0.1, -0.05) is 0 Å². The highest BCUT2D eigenvalue weighted by Gasteiger charge is 2.12. The highest BCUT2D eigenvalue weighted by molar-refractivity contribution is 7.71. The van der Waals surface area contributed by atoms with Crippen LogP contribution < -0.4 is 4.74 Å². The Balaban J connectivity index is 2.16. The molecule has 0 fully saturated rings. The van der Waals surface area contributed by atoms with Crippen molar-refractivity contribution >= 4 is 23.3 Å². The number of H-pyrrole nitrogens is 1. The summed E-state index contributed by atoms with van der Waals surface area (Å²) in [7, 11) is 3.34. The minimum atomic E-state index is -0.411. The fourth-order valence-electron chi connectivity index (χ4n) is 2.34. The molecular weight excluding hydrogens is 291 g/mol. The van der Waals surface area contributed by atoms with Crippen molar-refractivity contribution < 1.29 is 9.13 Å². The first-order valence-electron chi connectivity index (χ1n) is 6.44. The van der Waals surface area contributed by atoms with Gasteiger partial charge in [-0.05, 0) is 19.1 Å². The highest BCUT2D eigenvalue weighted by atomic mass is 32.1. The summed E-state index contributed by atoms with van der Waals surface area (Å²) in [6.45, 7) is 2.58. The zero-order valence-electron chi connectivity index (χ0n) is 12.0. The Kier molecular flexibility index (Phi) is 3.29. The van der Waals surface area contributed by atoms with Crippen LogP contribution in [0.25, 0.3) is 11.0 Å². The zero-order valence-corrected chi connectivity index (χ0v) is 12.8. The van der Waals surface area contributed by atoms with Crippen LogP contribution in [-0.2, 0) is 13.6 Å². The Hall–Kier alpha value is -2.15. The van der Waals surface area contributed by atoms with E-state index >= 15 is 0 Å². The standard InChI is InChI=1S/C14H15FN4OS/c1-8-9(6-16-18(8)2)7-19-12-5-13(20-3)10(15)4-11(12)17-14(19)21/h4-6H,7H2,1-3H3,(H,17,21). The number of aromatic amines is 1. The van der Waals surface area contributed by atoms with Gasteiger partial charge in [0.15, 0.2) is 16.3 Å². The first kappa shape index (κ1) is 13.8. The molecule has 21 heavy (non-hydrogen) atoms. The molecule has 0 spiro atoms. The number of rotatable bonds is 3. The third-order valence-corrected chi connectivity index (χ3v) is 4.04. The van der Waals surface area contributed by atoms with E-state index in [9.17, 15) is 4.39 Å². The molecule has 0 saturated carbocycles. The molecule has 0 radical (unpaired) electrons. The molecule has 5 nitrogen and oxygen atoms in total. The van der Waals surface area contributed by atoms with Crippen molar-refractivity contribution in [1.82, 2.24) is 19.3 Å². The van der Waals surface area contributed by atoms with E-state index in [0.29, 0.717) is 16.8 Å². The van der Waals surface area contributed by atoms with Gasteiger partial charge in [-0.3, -0.25) is 4.68 Å².